The van der Waals surface area contributed by atoms with Gasteiger partial charge in [0.25, 0.3) is 11.8 Å². The minimum Gasteiger partial charge on any atom is -0.493 e. The predicted molar refractivity (Wildman–Crippen MR) is 181 cm³/mol. The fourth-order valence-corrected chi connectivity index (χ4v) is 6.16. The van der Waals surface area contributed by atoms with E-state index in [0.717, 1.165) is 45.2 Å². The molecule has 12 heteroatoms. The zero-order chi connectivity index (χ0) is 33.6. The summed E-state index contributed by atoms with van der Waals surface area (Å²) >= 11 is 0. The number of likely N-dealkylation sites (tertiary alicyclic amines) is 1. The van der Waals surface area contributed by atoms with Crippen molar-refractivity contribution >= 4 is 52.2 Å². The Morgan fingerprint density at radius 1 is 1.04 bits per heavy atom. The average molecular weight is 654 g/mol. The summed E-state index contributed by atoms with van der Waals surface area (Å²) in [5.74, 6) is 0.284. The van der Waals surface area contributed by atoms with Crippen molar-refractivity contribution in [3.05, 3.63) is 72.1 Å². The monoisotopic (exact) mass is 653 g/mol. The molecule has 250 valence electrons. The molecule has 4 amide bonds. The molecule has 1 atom stereocenters. The average Bonchev–Trinajstić information content (AvgIpc) is 3.72. The number of piperidine rings is 1. The Bertz CT molecular complexity index is 1800. The fourth-order valence-electron chi connectivity index (χ4n) is 6.16. The minimum atomic E-state index is -0.410. The number of nitrogens with zero attached hydrogens (tertiary/aromatic N) is 3. The number of rotatable bonds is 11. The van der Waals surface area contributed by atoms with E-state index in [2.05, 4.69) is 22.2 Å². The standard InChI is InChI=1S/C36H39N5O7/c1-23(10-13-34(43)39-25-11-12-29-24(18-25)19-32(48-29)36(45)40-14-4-3-5-15-40)38-33(42)9-7-17-47-31-21-28-27(20-30(31)46-2)35(44)41-16-6-8-26(41)22-37-28/h10-13,18-22,26H,1,3-9,14-17H2,2H3,(H,38,42)(H,39,43)/b13-10+/t26-/m0/s1. The first-order valence-corrected chi connectivity index (χ1v) is 16.3. The van der Waals surface area contributed by atoms with Crippen molar-refractivity contribution in [2.45, 2.75) is 51.0 Å². The summed E-state index contributed by atoms with van der Waals surface area (Å²) in [7, 11) is 1.51. The first-order chi connectivity index (χ1) is 23.3. The van der Waals surface area contributed by atoms with Gasteiger partial charge in [-0.15, -0.1) is 0 Å². The lowest BCUT2D eigenvalue weighted by atomic mass is 10.1. The molecule has 0 radical (unpaired) electrons. The largest absolute Gasteiger partial charge is 0.493 e. The summed E-state index contributed by atoms with van der Waals surface area (Å²) in [4.78, 5) is 59.0. The van der Waals surface area contributed by atoms with Gasteiger partial charge in [-0.25, -0.2) is 0 Å². The maximum atomic E-state index is 13.0. The number of hydrogen-bond donors (Lipinski definition) is 2. The highest BCUT2D eigenvalue weighted by atomic mass is 16.5. The number of methoxy groups -OCH3 is 1. The Kier molecular flexibility index (Phi) is 9.88. The number of amides is 4. The van der Waals surface area contributed by atoms with E-state index in [9.17, 15) is 19.2 Å². The Morgan fingerprint density at radius 3 is 2.69 bits per heavy atom. The van der Waals surface area contributed by atoms with Crippen LogP contribution >= 0.6 is 0 Å². The van der Waals surface area contributed by atoms with Crippen LogP contribution in [0.3, 0.4) is 0 Å². The molecular weight excluding hydrogens is 614 g/mol. The summed E-state index contributed by atoms with van der Waals surface area (Å²) in [5.41, 5.74) is 2.37. The van der Waals surface area contributed by atoms with Gasteiger partial charge in [-0.3, -0.25) is 24.2 Å². The van der Waals surface area contributed by atoms with Gasteiger partial charge in [0, 0.05) is 61.2 Å². The van der Waals surface area contributed by atoms with Crippen molar-refractivity contribution in [1.82, 2.24) is 15.1 Å². The smallest absolute Gasteiger partial charge is 0.289 e. The zero-order valence-corrected chi connectivity index (χ0v) is 27.0. The lowest BCUT2D eigenvalue weighted by Crippen LogP contribution is -2.35. The molecule has 0 aliphatic carbocycles. The summed E-state index contributed by atoms with van der Waals surface area (Å²) in [6, 6.07) is 10.2. The highest BCUT2D eigenvalue weighted by Gasteiger charge is 2.32. The topological polar surface area (TPSA) is 143 Å². The van der Waals surface area contributed by atoms with Gasteiger partial charge in [0.1, 0.15) is 5.58 Å². The van der Waals surface area contributed by atoms with E-state index in [1.807, 2.05) is 16.0 Å². The number of benzene rings is 2. The van der Waals surface area contributed by atoms with Crippen LogP contribution < -0.4 is 20.1 Å². The second-order valence-electron chi connectivity index (χ2n) is 12.1. The Hall–Kier alpha value is -5.39. The Labute approximate surface area is 278 Å². The van der Waals surface area contributed by atoms with Gasteiger partial charge in [-0.1, -0.05) is 6.58 Å². The number of nitrogens with one attached hydrogen (secondary N) is 2. The van der Waals surface area contributed by atoms with Gasteiger partial charge in [0.05, 0.1) is 31.0 Å². The van der Waals surface area contributed by atoms with Gasteiger partial charge in [0.15, 0.2) is 17.3 Å². The number of ether oxygens (including phenoxy) is 2. The molecule has 0 bridgehead atoms. The number of anilines is 1. The number of hydrogen-bond acceptors (Lipinski definition) is 8. The van der Waals surface area contributed by atoms with Crippen LogP contribution in [0.5, 0.6) is 11.5 Å². The second-order valence-corrected chi connectivity index (χ2v) is 12.1. The van der Waals surface area contributed by atoms with Crippen LogP contribution in [0.25, 0.3) is 11.0 Å². The lowest BCUT2D eigenvalue weighted by molar-refractivity contribution is -0.120. The van der Waals surface area contributed by atoms with Crippen LogP contribution in [0.1, 0.15) is 65.9 Å². The summed E-state index contributed by atoms with van der Waals surface area (Å²) in [6.45, 7) is 6.21. The maximum absolute atomic E-state index is 13.0. The second kappa shape index (κ2) is 14.6. The lowest BCUT2D eigenvalue weighted by Gasteiger charge is -2.25. The van der Waals surface area contributed by atoms with Crippen molar-refractivity contribution in [3.8, 4) is 11.5 Å². The first kappa shape index (κ1) is 32.5. The fraction of sp³-hybridized carbons (Fsp3) is 0.361. The van der Waals surface area contributed by atoms with E-state index in [4.69, 9.17) is 13.9 Å². The number of fused-ring (bicyclic) bond motifs is 3. The van der Waals surface area contributed by atoms with Crippen LogP contribution in [-0.4, -0.2) is 79.0 Å². The molecule has 6 rings (SSSR count). The van der Waals surface area contributed by atoms with Gasteiger partial charge < -0.3 is 34.3 Å². The molecular formula is C36H39N5O7. The minimum absolute atomic E-state index is 0.00668. The van der Waals surface area contributed by atoms with E-state index in [1.165, 1.54) is 19.3 Å². The van der Waals surface area contributed by atoms with Crippen LogP contribution in [0, 0.1) is 0 Å². The molecule has 4 heterocycles. The molecule has 3 aromatic rings. The zero-order valence-electron chi connectivity index (χ0n) is 27.0. The molecule has 0 spiro atoms. The van der Waals surface area contributed by atoms with Crippen LogP contribution in [0.2, 0.25) is 0 Å². The highest BCUT2D eigenvalue weighted by Crippen LogP contribution is 2.38. The molecule has 1 aromatic heterocycles. The first-order valence-electron chi connectivity index (χ1n) is 16.3. The number of furan rings is 1. The van der Waals surface area contributed by atoms with Crippen LogP contribution in [0.15, 0.2) is 70.2 Å². The van der Waals surface area contributed by atoms with Crippen LogP contribution in [-0.2, 0) is 9.59 Å². The molecule has 0 unspecified atom stereocenters. The number of carbonyl (C=O) groups is 4. The molecule has 48 heavy (non-hydrogen) atoms. The van der Waals surface area contributed by atoms with Crippen molar-refractivity contribution in [2.24, 2.45) is 4.99 Å². The molecule has 0 saturated carbocycles. The Morgan fingerprint density at radius 2 is 1.88 bits per heavy atom. The third-order valence-electron chi connectivity index (χ3n) is 8.64. The molecule has 12 nitrogen and oxygen atoms in total. The third kappa shape index (κ3) is 7.43. The van der Waals surface area contributed by atoms with E-state index in [0.29, 0.717) is 52.4 Å². The van der Waals surface area contributed by atoms with Crippen molar-refractivity contribution in [3.63, 3.8) is 0 Å². The number of allylic oxidation sites excluding steroid dienone is 1. The van der Waals surface area contributed by atoms with E-state index < -0.39 is 5.91 Å². The quantitative estimate of drug-likeness (QED) is 0.161. The van der Waals surface area contributed by atoms with Gasteiger partial charge >= 0.3 is 0 Å². The van der Waals surface area contributed by atoms with E-state index in [-0.39, 0.29) is 48.2 Å². The maximum Gasteiger partial charge on any atom is 0.289 e. The van der Waals surface area contributed by atoms with Gasteiger partial charge in [0.2, 0.25) is 11.8 Å². The summed E-state index contributed by atoms with van der Waals surface area (Å²) < 4.78 is 17.1. The summed E-state index contributed by atoms with van der Waals surface area (Å²) in [5, 5.41) is 6.15. The highest BCUT2D eigenvalue weighted by molar-refractivity contribution is 6.04. The number of aliphatic imine (C=N–C) groups is 1. The Balaban J connectivity index is 0.949. The molecule has 3 aliphatic heterocycles. The van der Waals surface area contributed by atoms with Crippen LogP contribution in [0.4, 0.5) is 11.4 Å². The molecule has 2 fully saturated rings. The normalized spacial score (nSPS) is 17.2. The van der Waals surface area contributed by atoms with Crippen molar-refractivity contribution < 1.29 is 33.1 Å². The van der Waals surface area contributed by atoms with Crippen molar-refractivity contribution in [2.75, 3.05) is 38.7 Å². The SMILES string of the molecule is C=C(/C=C/C(=O)Nc1ccc2oc(C(=O)N3CCCCC3)cc2c1)NC(=O)CCCOc1cc2c(cc1OC)C(=O)N1CCC[C@H]1C=N2. The van der Waals surface area contributed by atoms with Crippen molar-refractivity contribution in [1.29, 1.82) is 0 Å². The molecule has 2 saturated heterocycles. The predicted octanol–water partition coefficient (Wildman–Crippen LogP) is 5.37. The number of carbonyl (C=O) groups excluding carboxylic acids is 4. The third-order valence-corrected chi connectivity index (χ3v) is 8.64. The van der Waals surface area contributed by atoms with Gasteiger partial charge in [-0.2, -0.15) is 0 Å². The molecule has 2 aromatic carbocycles. The van der Waals surface area contributed by atoms with E-state index >= 15 is 0 Å². The van der Waals surface area contributed by atoms with Gasteiger partial charge in [-0.05, 0) is 74.9 Å². The molecule has 3 aliphatic rings. The summed E-state index contributed by atoms with van der Waals surface area (Å²) in [6.07, 6.45) is 10.1. The van der Waals surface area contributed by atoms with E-state index in [1.54, 1.807) is 36.4 Å². The molecule has 2 N–H and O–H groups in total.